The van der Waals surface area contributed by atoms with Crippen LogP contribution in [-0.4, -0.2) is 30.8 Å². The summed E-state index contributed by atoms with van der Waals surface area (Å²) in [5.41, 5.74) is 4.28. The van der Waals surface area contributed by atoms with Crippen LogP contribution in [0, 0.1) is 5.92 Å². The molecule has 6 heteroatoms. The largest absolute Gasteiger partial charge is 0.497 e. The lowest BCUT2D eigenvalue weighted by Gasteiger charge is -2.29. The van der Waals surface area contributed by atoms with Gasteiger partial charge in [-0.25, -0.2) is 5.01 Å². The van der Waals surface area contributed by atoms with Crippen LogP contribution in [0.2, 0.25) is 0 Å². The molecule has 168 valence electrons. The first-order valence-corrected chi connectivity index (χ1v) is 11.1. The summed E-state index contributed by atoms with van der Waals surface area (Å²) in [7, 11) is 3.31. The molecular weight excluding hydrogens is 416 g/mol. The molecule has 5 rings (SSSR count). The average Bonchev–Trinajstić information content (AvgIpc) is 3.53. The second kappa shape index (κ2) is 8.98. The Balaban J connectivity index is 1.54. The summed E-state index contributed by atoms with van der Waals surface area (Å²) in [6, 6.07) is 19.1. The van der Waals surface area contributed by atoms with Crippen molar-refractivity contribution in [1.29, 1.82) is 0 Å². The first-order chi connectivity index (χ1) is 16.2. The molecule has 2 atom stereocenters. The Labute approximate surface area is 193 Å². The maximum Gasteiger partial charge on any atom is 0.310 e. The minimum atomic E-state index is -0.230. The van der Waals surface area contributed by atoms with E-state index in [4.69, 9.17) is 19.0 Å². The van der Waals surface area contributed by atoms with Gasteiger partial charge in [0.1, 0.15) is 11.5 Å². The molecule has 0 spiro atoms. The molecule has 33 heavy (non-hydrogen) atoms. The number of carbonyl (C=O) groups is 1. The molecule has 1 aliphatic heterocycles. The Bertz CT molecular complexity index is 1180. The SMILES string of the molecule is COc1ccc(/C=C2\CCCC3C2=NN(C(=O)c2ccco2)C3c2ccc(OC)cc2)cc1. The van der Waals surface area contributed by atoms with Crippen molar-refractivity contribution in [2.24, 2.45) is 11.0 Å². The minimum absolute atomic E-state index is 0.121. The quantitative estimate of drug-likeness (QED) is 0.506. The van der Waals surface area contributed by atoms with Crippen molar-refractivity contribution in [3.63, 3.8) is 0 Å². The molecule has 6 nitrogen and oxygen atoms in total. The molecule has 2 unspecified atom stereocenters. The van der Waals surface area contributed by atoms with Crippen LogP contribution in [-0.2, 0) is 0 Å². The number of methoxy groups -OCH3 is 2. The van der Waals surface area contributed by atoms with E-state index >= 15 is 0 Å². The molecule has 2 heterocycles. The molecule has 0 bridgehead atoms. The number of nitrogens with zero attached hydrogens (tertiary/aromatic N) is 2. The highest BCUT2D eigenvalue weighted by atomic mass is 16.5. The maximum absolute atomic E-state index is 13.4. The highest BCUT2D eigenvalue weighted by Gasteiger charge is 2.44. The fraction of sp³-hybridized carbons (Fsp3) is 0.259. The van der Waals surface area contributed by atoms with Gasteiger partial charge in [0.25, 0.3) is 0 Å². The first kappa shape index (κ1) is 21.1. The number of hydrazone groups is 1. The van der Waals surface area contributed by atoms with Crippen molar-refractivity contribution < 1.29 is 18.7 Å². The number of allylic oxidation sites excluding steroid dienone is 1. The second-order valence-corrected chi connectivity index (χ2v) is 8.27. The predicted octanol–water partition coefficient (Wildman–Crippen LogP) is 5.73. The van der Waals surface area contributed by atoms with E-state index < -0.39 is 0 Å². The number of amides is 1. The molecule has 0 saturated heterocycles. The molecule has 3 aromatic rings. The van der Waals surface area contributed by atoms with Gasteiger partial charge in [0.15, 0.2) is 5.76 Å². The van der Waals surface area contributed by atoms with Gasteiger partial charge in [-0.1, -0.05) is 24.3 Å². The average molecular weight is 443 g/mol. The monoisotopic (exact) mass is 442 g/mol. The van der Waals surface area contributed by atoms with Crippen molar-refractivity contribution in [2.45, 2.75) is 25.3 Å². The Kier molecular flexibility index (Phi) is 5.73. The molecule has 1 amide bonds. The summed E-state index contributed by atoms with van der Waals surface area (Å²) in [6.07, 6.45) is 6.63. The molecule has 1 fully saturated rings. The number of benzene rings is 2. The van der Waals surface area contributed by atoms with Crippen LogP contribution in [0.15, 0.2) is 82.0 Å². The van der Waals surface area contributed by atoms with E-state index in [9.17, 15) is 4.79 Å². The minimum Gasteiger partial charge on any atom is -0.497 e. The van der Waals surface area contributed by atoms with Crippen molar-refractivity contribution in [1.82, 2.24) is 5.01 Å². The predicted molar refractivity (Wildman–Crippen MR) is 126 cm³/mol. The van der Waals surface area contributed by atoms with Crippen LogP contribution in [0.3, 0.4) is 0 Å². The first-order valence-electron chi connectivity index (χ1n) is 11.1. The summed E-state index contributed by atoms with van der Waals surface area (Å²) in [5, 5.41) is 6.50. The summed E-state index contributed by atoms with van der Waals surface area (Å²) >= 11 is 0. The molecule has 2 aliphatic rings. The summed E-state index contributed by atoms with van der Waals surface area (Å²) < 4.78 is 16.0. The number of ether oxygens (including phenoxy) is 2. The highest BCUT2D eigenvalue weighted by molar-refractivity contribution is 6.09. The Morgan fingerprint density at radius 2 is 1.73 bits per heavy atom. The van der Waals surface area contributed by atoms with Crippen LogP contribution in [0.1, 0.15) is 47.0 Å². The standard InChI is InChI=1S/C27H26N2O4/c1-31-21-12-8-18(9-13-21)17-20-5-3-6-23-25(20)28-29(27(30)24-7-4-16-33-24)26(23)19-10-14-22(32-2)15-11-19/h4,7-17,23,26H,3,5-6H2,1-2H3/b20-17+. The molecule has 1 aromatic heterocycles. The number of hydrogen-bond acceptors (Lipinski definition) is 5. The fourth-order valence-electron chi connectivity index (χ4n) is 4.72. The zero-order valence-corrected chi connectivity index (χ0v) is 18.7. The Hall–Kier alpha value is -3.80. The van der Waals surface area contributed by atoms with Crippen LogP contribution >= 0.6 is 0 Å². The van der Waals surface area contributed by atoms with Gasteiger partial charge < -0.3 is 13.9 Å². The molecule has 1 aliphatic carbocycles. The lowest BCUT2D eigenvalue weighted by atomic mass is 9.77. The van der Waals surface area contributed by atoms with Gasteiger partial charge in [0.2, 0.25) is 0 Å². The van der Waals surface area contributed by atoms with Gasteiger partial charge in [-0.3, -0.25) is 4.79 Å². The lowest BCUT2D eigenvalue weighted by molar-refractivity contribution is 0.0648. The third kappa shape index (κ3) is 4.04. The van der Waals surface area contributed by atoms with E-state index in [2.05, 4.69) is 6.08 Å². The van der Waals surface area contributed by atoms with E-state index in [0.29, 0.717) is 0 Å². The van der Waals surface area contributed by atoms with Gasteiger partial charge in [-0.2, -0.15) is 5.10 Å². The van der Waals surface area contributed by atoms with Crippen LogP contribution in [0.4, 0.5) is 0 Å². The van der Waals surface area contributed by atoms with Gasteiger partial charge in [0.05, 0.1) is 32.2 Å². The lowest BCUT2D eigenvalue weighted by Crippen LogP contribution is -2.31. The Morgan fingerprint density at radius 3 is 2.36 bits per heavy atom. The van der Waals surface area contributed by atoms with Crippen LogP contribution < -0.4 is 9.47 Å². The number of hydrogen-bond donors (Lipinski definition) is 0. The van der Waals surface area contributed by atoms with E-state index in [0.717, 1.165) is 47.6 Å². The number of furan rings is 1. The Morgan fingerprint density at radius 1 is 1.03 bits per heavy atom. The van der Waals surface area contributed by atoms with Crippen molar-refractivity contribution >= 4 is 17.7 Å². The molecular formula is C27H26N2O4. The zero-order chi connectivity index (χ0) is 22.8. The van der Waals surface area contributed by atoms with Gasteiger partial charge >= 0.3 is 5.91 Å². The molecule has 0 N–H and O–H groups in total. The van der Waals surface area contributed by atoms with E-state index in [1.807, 2.05) is 48.5 Å². The fourth-order valence-corrected chi connectivity index (χ4v) is 4.72. The van der Waals surface area contributed by atoms with Gasteiger partial charge in [0, 0.05) is 5.92 Å². The number of fused-ring (bicyclic) bond motifs is 1. The van der Waals surface area contributed by atoms with Gasteiger partial charge in [-0.15, -0.1) is 0 Å². The summed E-state index contributed by atoms with van der Waals surface area (Å²) in [4.78, 5) is 13.4. The normalized spacial score (nSPS) is 21.0. The topological polar surface area (TPSA) is 64.3 Å². The molecule has 1 saturated carbocycles. The smallest absolute Gasteiger partial charge is 0.310 e. The maximum atomic E-state index is 13.4. The van der Waals surface area contributed by atoms with Gasteiger partial charge in [-0.05, 0) is 78.4 Å². The second-order valence-electron chi connectivity index (χ2n) is 8.27. The third-order valence-electron chi connectivity index (χ3n) is 6.36. The van der Waals surface area contributed by atoms with E-state index in [-0.39, 0.29) is 23.6 Å². The van der Waals surface area contributed by atoms with E-state index in [1.165, 1.54) is 11.8 Å². The zero-order valence-electron chi connectivity index (χ0n) is 18.7. The van der Waals surface area contributed by atoms with Crippen molar-refractivity contribution in [3.05, 3.63) is 89.4 Å². The van der Waals surface area contributed by atoms with Crippen molar-refractivity contribution in [3.8, 4) is 11.5 Å². The number of rotatable bonds is 5. The van der Waals surface area contributed by atoms with Crippen molar-refractivity contribution in [2.75, 3.05) is 14.2 Å². The summed E-state index contributed by atoms with van der Waals surface area (Å²) in [5.74, 6) is 1.79. The van der Waals surface area contributed by atoms with Crippen LogP contribution in [0.25, 0.3) is 6.08 Å². The number of carbonyl (C=O) groups excluding carboxylic acids is 1. The van der Waals surface area contributed by atoms with E-state index in [1.54, 1.807) is 31.4 Å². The van der Waals surface area contributed by atoms with Crippen LogP contribution in [0.5, 0.6) is 11.5 Å². The summed E-state index contributed by atoms with van der Waals surface area (Å²) in [6.45, 7) is 0. The molecule has 0 radical (unpaired) electrons. The highest BCUT2D eigenvalue weighted by Crippen LogP contribution is 2.45. The third-order valence-corrected chi connectivity index (χ3v) is 6.36. The molecule has 2 aromatic carbocycles.